The van der Waals surface area contributed by atoms with Crippen LogP contribution in [0.3, 0.4) is 0 Å². The van der Waals surface area contributed by atoms with Gasteiger partial charge in [-0.3, -0.25) is 4.79 Å². The second-order valence-electron chi connectivity index (χ2n) is 4.53. The van der Waals surface area contributed by atoms with E-state index in [-0.39, 0.29) is 17.9 Å². The number of hydrogen-bond acceptors (Lipinski definition) is 4. The second-order valence-corrected chi connectivity index (χ2v) is 5.73. The lowest BCUT2D eigenvalue weighted by atomic mass is 10.1. The largest absolute Gasteiger partial charge is 0.478 e. The number of carboxylic acids is 1. The first kappa shape index (κ1) is 15.2. The van der Waals surface area contributed by atoms with Gasteiger partial charge in [0.1, 0.15) is 5.01 Å². The van der Waals surface area contributed by atoms with Crippen molar-refractivity contribution < 1.29 is 14.7 Å². The van der Waals surface area contributed by atoms with Crippen LogP contribution >= 0.6 is 11.3 Å². The van der Waals surface area contributed by atoms with E-state index in [1.807, 2.05) is 6.20 Å². The monoisotopic (exact) mass is 304 g/mol. The van der Waals surface area contributed by atoms with Crippen molar-refractivity contribution in [2.75, 3.05) is 0 Å². The molecule has 1 aromatic carbocycles. The first-order valence-electron chi connectivity index (χ1n) is 6.61. The summed E-state index contributed by atoms with van der Waals surface area (Å²) in [5.74, 6) is -1.08. The Hall–Kier alpha value is -2.21. The fourth-order valence-electron chi connectivity index (χ4n) is 1.78. The van der Waals surface area contributed by atoms with Crippen molar-refractivity contribution in [1.29, 1.82) is 0 Å². The normalized spacial score (nSPS) is 10.3. The number of carboxylic acid groups (broad SMARTS) is 1. The minimum Gasteiger partial charge on any atom is -0.478 e. The molecule has 0 aliphatic carbocycles. The first-order valence-corrected chi connectivity index (χ1v) is 7.42. The predicted molar refractivity (Wildman–Crippen MR) is 80.4 cm³/mol. The molecule has 0 bridgehead atoms. The van der Waals surface area contributed by atoms with Crippen LogP contribution in [0.15, 0.2) is 30.5 Å². The molecule has 2 aromatic rings. The number of nitrogens with zero attached hydrogens (tertiary/aromatic N) is 1. The van der Waals surface area contributed by atoms with Gasteiger partial charge in [0.15, 0.2) is 0 Å². The Labute approximate surface area is 126 Å². The maximum Gasteiger partial charge on any atom is 0.335 e. The second kappa shape index (κ2) is 6.99. The van der Waals surface area contributed by atoms with Gasteiger partial charge in [-0.2, -0.15) is 0 Å². The van der Waals surface area contributed by atoms with Crippen LogP contribution in [-0.4, -0.2) is 22.0 Å². The minimum absolute atomic E-state index is 0.105. The van der Waals surface area contributed by atoms with Gasteiger partial charge in [-0.25, -0.2) is 9.78 Å². The van der Waals surface area contributed by atoms with Crippen LogP contribution in [0.25, 0.3) is 0 Å². The third kappa shape index (κ3) is 4.39. The van der Waals surface area contributed by atoms with Gasteiger partial charge < -0.3 is 10.4 Å². The highest BCUT2D eigenvalue weighted by Gasteiger charge is 2.07. The van der Waals surface area contributed by atoms with Crippen LogP contribution in [0.1, 0.15) is 32.7 Å². The summed E-state index contributed by atoms with van der Waals surface area (Å²) in [5.41, 5.74) is 1.000. The number of hydrogen-bond donors (Lipinski definition) is 2. The van der Waals surface area contributed by atoms with Crippen molar-refractivity contribution in [3.05, 3.63) is 51.5 Å². The molecule has 110 valence electrons. The van der Waals surface area contributed by atoms with Gasteiger partial charge in [0.05, 0.1) is 18.5 Å². The maximum absolute atomic E-state index is 11.8. The molecule has 2 rings (SSSR count). The van der Waals surface area contributed by atoms with Crippen molar-refractivity contribution in [3.63, 3.8) is 0 Å². The van der Waals surface area contributed by atoms with Crippen LogP contribution in [-0.2, 0) is 24.2 Å². The number of carbonyl (C=O) groups is 2. The Morgan fingerprint density at radius 1 is 1.29 bits per heavy atom. The fourth-order valence-corrected chi connectivity index (χ4v) is 2.58. The molecule has 0 aliphatic rings. The summed E-state index contributed by atoms with van der Waals surface area (Å²) in [6.45, 7) is 2.49. The van der Waals surface area contributed by atoms with E-state index in [1.165, 1.54) is 17.0 Å². The zero-order chi connectivity index (χ0) is 15.2. The van der Waals surface area contributed by atoms with Gasteiger partial charge in [-0.15, -0.1) is 11.3 Å². The summed E-state index contributed by atoms with van der Waals surface area (Å²) in [6, 6.07) is 6.31. The van der Waals surface area contributed by atoms with Crippen LogP contribution in [0.2, 0.25) is 0 Å². The van der Waals surface area contributed by atoms with Crippen LogP contribution < -0.4 is 5.32 Å². The lowest BCUT2D eigenvalue weighted by Gasteiger charge is -2.04. The highest BCUT2D eigenvalue weighted by atomic mass is 32.1. The molecule has 1 aromatic heterocycles. The average molecular weight is 304 g/mol. The summed E-state index contributed by atoms with van der Waals surface area (Å²) < 4.78 is 0. The minimum atomic E-state index is -0.971. The summed E-state index contributed by atoms with van der Waals surface area (Å²) in [7, 11) is 0. The van der Waals surface area contributed by atoms with E-state index in [2.05, 4.69) is 17.2 Å². The molecule has 21 heavy (non-hydrogen) atoms. The Morgan fingerprint density at radius 2 is 2.00 bits per heavy atom. The number of benzene rings is 1. The number of aryl methyl sites for hydroxylation is 1. The van der Waals surface area contributed by atoms with E-state index in [1.54, 1.807) is 23.5 Å². The van der Waals surface area contributed by atoms with Crippen molar-refractivity contribution in [2.45, 2.75) is 26.3 Å². The predicted octanol–water partition coefficient (Wildman–Crippen LogP) is 2.26. The summed E-state index contributed by atoms with van der Waals surface area (Å²) in [6.07, 6.45) is 3.00. The Kier molecular flexibility index (Phi) is 5.05. The molecule has 5 nitrogen and oxygen atoms in total. The van der Waals surface area contributed by atoms with Crippen molar-refractivity contribution in [3.8, 4) is 0 Å². The quantitative estimate of drug-likeness (QED) is 0.858. The van der Waals surface area contributed by atoms with E-state index in [0.717, 1.165) is 17.0 Å². The SMILES string of the molecule is CCc1cnc(CNC(=O)Cc2ccc(C(=O)O)cc2)s1. The zero-order valence-corrected chi connectivity index (χ0v) is 12.4. The zero-order valence-electron chi connectivity index (χ0n) is 11.6. The molecule has 0 fully saturated rings. The molecular formula is C15H16N2O3S. The van der Waals surface area contributed by atoms with Crippen LogP contribution in [0.4, 0.5) is 0 Å². The van der Waals surface area contributed by atoms with Crippen LogP contribution in [0.5, 0.6) is 0 Å². The van der Waals surface area contributed by atoms with Gasteiger partial charge in [0, 0.05) is 11.1 Å². The van der Waals surface area contributed by atoms with E-state index >= 15 is 0 Å². The number of carbonyl (C=O) groups excluding carboxylic acids is 1. The molecular weight excluding hydrogens is 288 g/mol. The first-order chi connectivity index (χ1) is 10.1. The molecule has 0 aliphatic heterocycles. The lowest BCUT2D eigenvalue weighted by Crippen LogP contribution is -2.24. The van der Waals surface area contributed by atoms with Crippen molar-refractivity contribution in [2.24, 2.45) is 0 Å². The summed E-state index contributed by atoms with van der Waals surface area (Å²) in [5, 5.41) is 12.5. The molecule has 1 amide bonds. The molecule has 0 unspecified atom stereocenters. The molecule has 0 saturated heterocycles. The topological polar surface area (TPSA) is 79.3 Å². The van der Waals surface area contributed by atoms with Gasteiger partial charge in [-0.1, -0.05) is 19.1 Å². The number of amides is 1. The average Bonchev–Trinajstić information content (AvgIpc) is 2.94. The number of aromatic carboxylic acids is 1. The third-order valence-corrected chi connectivity index (χ3v) is 4.09. The van der Waals surface area contributed by atoms with Gasteiger partial charge in [-0.05, 0) is 24.1 Å². The molecule has 2 N–H and O–H groups in total. The van der Waals surface area contributed by atoms with E-state index in [9.17, 15) is 9.59 Å². The highest BCUT2D eigenvalue weighted by molar-refractivity contribution is 7.11. The highest BCUT2D eigenvalue weighted by Crippen LogP contribution is 2.13. The molecule has 1 heterocycles. The van der Waals surface area contributed by atoms with E-state index in [4.69, 9.17) is 5.11 Å². The summed E-state index contributed by atoms with van der Waals surface area (Å²) >= 11 is 1.60. The van der Waals surface area contributed by atoms with Crippen molar-refractivity contribution >= 4 is 23.2 Å². The molecule has 0 atom stereocenters. The maximum atomic E-state index is 11.8. The lowest BCUT2D eigenvalue weighted by molar-refractivity contribution is -0.120. The van der Waals surface area contributed by atoms with E-state index < -0.39 is 5.97 Å². The number of thiazole rings is 1. The molecule has 0 saturated carbocycles. The standard InChI is InChI=1S/C15H16N2O3S/c1-2-12-8-17-14(21-12)9-16-13(18)7-10-3-5-11(6-4-10)15(19)20/h3-6,8H,2,7,9H2,1H3,(H,16,18)(H,19,20). The number of aromatic nitrogens is 1. The number of rotatable bonds is 6. The van der Waals surface area contributed by atoms with Crippen LogP contribution in [0, 0.1) is 0 Å². The Morgan fingerprint density at radius 3 is 2.57 bits per heavy atom. The molecule has 0 spiro atoms. The van der Waals surface area contributed by atoms with Gasteiger partial charge in [0.2, 0.25) is 5.91 Å². The van der Waals surface area contributed by atoms with Gasteiger partial charge >= 0.3 is 5.97 Å². The Bertz CT molecular complexity index is 635. The number of nitrogens with one attached hydrogen (secondary N) is 1. The Balaban J connectivity index is 1.85. The summed E-state index contributed by atoms with van der Waals surface area (Å²) in [4.78, 5) is 28.0. The molecule has 0 radical (unpaired) electrons. The van der Waals surface area contributed by atoms with Gasteiger partial charge in [0.25, 0.3) is 0 Å². The smallest absolute Gasteiger partial charge is 0.335 e. The third-order valence-electron chi connectivity index (χ3n) is 2.95. The van der Waals surface area contributed by atoms with E-state index in [0.29, 0.717) is 6.54 Å². The molecule has 6 heteroatoms. The fraction of sp³-hybridized carbons (Fsp3) is 0.267. The van der Waals surface area contributed by atoms with Crippen molar-refractivity contribution in [1.82, 2.24) is 10.3 Å².